The Labute approximate surface area is 127 Å². The van der Waals surface area contributed by atoms with Gasteiger partial charge >= 0.3 is 12.1 Å². The smallest absolute Gasteiger partial charge is 0.420 e. The highest BCUT2D eigenvalue weighted by molar-refractivity contribution is 6.32. The van der Waals surface area contributed by atoms with Gasteiger partial charge in [-0.3, -0.25) is 4.68 Å². The summed E-state index contributed by atoms with van der Waals surface area (Å²) < 4.78 is 45.1. The quantitative estimate of drug-likeness (QED) is 0.933. The van der Waals surface area contributed by atoms with E-state index in [2.05, 4.69) is 5.10 Å². The lowest BCUT2D eigenvalue weighted by molar-refractivity contribution is -0.138. The number of carbonyl (C=O) groups is 1. The maximum atomic E-state index is 13.1. The molecule has 1 heterocycles. The normalized spacial score (nSPS) is 11.5. The summed E-state index contributed by atoms with van der Waals surface area (Å²) in [7, 11) is 2.51. The van der Waals surface area contributed by atoms with Crippen molar-refractivity contribution in [3.63, 3.8) is 0 Å². The third kappa shape index (κ3) is 2.87. The largest absolute Gasteiger partial charge is 0.495 e. The highest BCUT2D eigenvalue weighted by Gasteiger charge is 2.36. The van der Waals surface area contributed by atoms with Crippen LogP contribution in [0.3, 0.4) is 0 Å². The minimum atomic E-state index is -4.67. The number of methoxy groups -OCH3 is 1. The lowest BCUT2D eigenvalue weighted by atomic mass is 10.1. The van der Waals surface area contributed by atoms with E-state index in [0.29, 0.717) is 0 Å². The van der Waals surface area contributed by atoms with Gasteiger partial charge in [-0.05, 0) is 18.2 Å². The van der Waals surface area contributed by atoms with Gasteiger partial charge in [0.1, 0.15) is 5.75 Å². The lowest BCUT2D eigenvalue weighted by Gasteiger charge is -2.15. The van der Waals surface area contributed by atoms with Crippen molar-refractivity contribution in [2.45, 2.75) is 6.18 Å². The van der Waals surface area contributed by atoms with E-state index in [1.807, 2.05) is 0 Å². The van der Waals surface area contributed by atoms with Gasteiger partial charge < -0.3 is 9.84 Å². The third-order valence-electron chi connectivity index (χ3n) is 2.95. The van der Waals surface area contributed by atoms with Gasteiger partial charge in [0, 0.05) is 12.6 Å². The van der Waals surface area contributed by atoms with Crippen LogP contribution < -0.4 is 4.74 Å². The molecular weight excluding hydrogens is 325 g/mol. The predicted molar refractivity (Wildman–Crippen MR) is 72.2 cm³/mol. The van der Waals surface area contributed by atoms with Crippen LogP contribution in [0.4, 0.5) is 13.2 Å². The second kappa shape index (κ2) is 5.53. The van der Waals surface area contributed by atoms with Crippen LogP contribution in [0.2, 0.25) is 5.02 Å². The fraction of sp³-hybridized carbons (Fsp3) is 0.231. The summed E-state index contributed by atoms with van der Waals surface area (Å²) in [5.41, 5.74) is -1.05. The molecule has 0 spiro atoms. The number of rotatable bonds is 3. The second-order valence-corrected chi connectivity index (χ2v) is 4.79. The van der Waals surface area contributed by atoms with Gasteiger partial charge in [-0.15, -0.1) is 0 Å². The van der Waals surface area contributed by atoms with E-state index in [4.69, 9.17) is 21.4 Å². The number of hydrogen-bond acceptors (Lipinski definition) is 3. The third-order valence-corrected chi connectivity index (χ3v) is 3.23. The molecule has 2 rings (SSSR count). The Morgan fingerprint density at radius 2 is 2.00 bits per heavy atom. The van der Waals surface area contributed by atoms with Gasteiger partial charge in [0.2, 0.25) is 0 Å². The van der Waals surface area contributed by atoms with E-state index < -0.39 is 23.5 Å². The summed E-state index contributed by atoms with van der Waals surface area (Å²) in [4.78, 5) is 10.9. The number of aryl methyl sites for hydroxylation is 1. The van der Waals surface area contributed by atoms with Crippen LogP contribution in [0.5, 0.6) is 5.75 Å². The molecule has 2 aromatic rings. The van der Waals surface area contributed by atoms with E-state index in [0.717, 1.165) is 13.2 Å². The first-order chi connectivity index (χ1) is 10.1. The molecule has 1 aromatic heterocycles. The molecular formula is C13H10ClF3N2O3. The summed E-state index contributed by atoms with van der Waals surface area (Å²) in [5, 5.41) is 12.4. The number of nitrogens with zero attached hydrogens (tertiary/aromatic N) is 2. The zero-order valence-electron chi connectivity index (χ0n) is 11.4. The first-order valence-electron chi connectivity index (χ1n) is 5.87. The van der Waals surface area contributed by atoms with Crippen molar-refractivity contribution in [1.29, 1.82) is 0 Å². The van der Waals surface area contributed by atoms with Crippen molar-refractivity contribution < 1.29 is 27.8 Å². The molecule has 0 aliphatic heterocycles. The Hall–Kier alpha value is -2.22. The van der Waals surface area contributed by atoms with Gasteiger partial charge in [-0.1, -0.05) is 11.6 Å². The molecule has 0 fully saturated rings. The minimum absolute atomic E-state index is 0.0839. The number of aromatic carboxylic acids is 1. The first kappa shape index (κ1) is 16.2. The summed E-state index contributed by atoms with van der Waals surface area (Å²) in [5.74, 6) is -1.77. The average molecular weight is 335 g/mol. The van der Waals surface area contributed by atoms with E-state index >= 15 is 0 Å². The van der Waals surface area contributed by atoms with Gasteiger partial charge in [0.25, 0.3) is 0 Å². The maximum Gasteiger partial charge on any atom is 0.420 e. The molecule has 1 aromatic carbocycles. The summed E-state index contributed by atoms with van der Waals surface area (Å²) in [6.07, 6.45) is -4.67. The number of carboxylic acid groups (broad SMARTS) is 1. The van der Waals surface area contributed by atoms with Crippen molar-refractivity contribution in [3.05, 3.63) is 34.5 Å². The molecule has 0 saturated heterocycles. The summed E-state index contributed by atoms with van der Waals surface area (Å²) in [6, 6.07) is 3.27. The Morgan fingerprint density at radius 3 is 2.45 bits per heavy atom. The fourth-order valence-corrected chi connectivity index (χ4v) is 2.30. The number of halogens is 4. The number of benzene rings is 1. The Balaban J connectivity index is 2.67. The zero-order valence-corrected chi connectivity index (χ0v) is 12.2. The second-order valence-electron chi connectivity index (χ2n) is 4.38. The van der Waals surface area contributed by atoms with Crippen molar-refractivity contribution >= 4 is 17.6 Å². The first-order valence-corrected chi connectivity index (χ1v) is 6.25. The van der Waals surface area contributed by atoms with Crippen LogP contribution in [0, 0.1) is 0 Å². The Morgan fingerprint density at radius 1 is 1.36 bits per heavy atom. The molecule has 0 aliphatic rings. The highest BCUT2D eigenvalue weighted by atomic mass is 35.5. The van der Waals surface area contributed by atoms with E-state index in [-0.39, 0.29) is 22.0 Å². The molecule has 0 amide bonds. The monoisotopic (exact) mass is 334 g/mol. The minimum Gasteiger partial charge on any atom is -0.495 e. The number of alkyl halides is 3. The van der Waals surface area contributed by atoms with Crippen LogP contribution in [-0.4, -0.2) is 28.0 Å². The van der Waals surface area contributed by atoms with E-state index in [1.165, 1.54) is 23.9 Å². The molecule has 1 N–H and O–H groups in total. The Kier molecular flexibility index (Phi) is 4.06. The SMILES string of the molecule is COc1c(Cl)cc(-c2cc(C(=O)O)nn2C)cc1C(F)(F)F. The number of aromatic nitrogens is 2. The van der Waals surface area contributed by atoms with Gasteiger partial charge in [0.15, 0.2) is 5.69 Å². The highest BCUT2D eigenvalue weighted by Crippen LogP contribution is 2.42. The molecule has 9 heteroatoms. The summed E-state index contributed by atoms with van der Waals surface area (Å²) in [6.45, 7) is 0. The van der Waals surface area contributed by atoms with Gasteiger partial charge in [-0.2, -0.15) is 18.3 Å². The molecule has 0 radical (unpaired) electrons. The van der Waals surface area contributed by atoms with Crippen LogP contribution in [-0.2, 0) is 13.2 Å². The van der Waals surface area contributed by atoms with Gasteiger partial charge in [-0.25, -0.2) is 4.79 Å². The van der Waals surface area contributed by atoms with Crippen molar-refractivity contribution in [2.24, 2.45) is 7.05 Å². The van der Waals surface area contributed by atoms with Crippen LogP contribution in [0.1, 0.15) is 16.1 Å². The molecule has 0 saturated carbocycles. The summed E-state index contributed by atoms with van der Waals surface area (Å²) >= 11 is 5.84. The fourth-order valence-electron chi connectivity index (χ4n) is 2.00. The molecule has 0 bridgehead atoms. The van der Waals surface area contributed by atoms with Crippen molar-refractivity contribution in [3.8, 4) is 17.0 Å². The number of ether oxygens (including phenoxy) is 1. The van der Waals surface area contributed by atoms with Gasteiger partial charge in [0.05, 0.1) is 23.4 Å². The molecule has 5 nitrogen and oxygen atoms in total. The van der Waals surface area contributed by atoms with E-state index in [1.54, 1.807) is 0 Å². The zero-order chi connectivity index (χ0) is 16.7. The predicted octanol–water partition coefficient (Wildman–Crippen LogP) is 3.47. The van der Waals surface area contributed by atoms with Crippen LogP contribution >= 0.6 is 11.6 Å². The number of hydrogen-bond donors (Lipinski definition) is 1. The number of carboxylic acids is 1. The lowest BCUT2D eigenvalue weighted by Crippen LogP contribution is -2.08. The Bertz CT molecular complexity index is 741. The van der Waals surface area contributed by atoms with Crippen molar-refractivity contribution in [2.75, 3.05) is 7.11 Å². The molecule has 0 aliphatic carbocycles. The molecule has 118 valence electrons. The maximum absolute atomic E-state index is 13.1. The molecule has 22 heavy (non-hydrogen) atoms. The van der Waals surface area contributed by atoms with Crippen LogP contribution in [0.25, 0.3) is 11.3 Å². The van der Waals surface area contributed by atoms with E-state index in [9.17, 15) is 18.0 Å². The average Bonchev–Trinajstić information content (AvgIpc) is 2.79. The molecule has 0 unspecified atom stereocenters. The molecule has 0 atom stereocenters. The van der Waals surface area contributed by atoms with Crippen molar-refractivity contribution in [1.82, 2.24) is 9.78 Å². The standard InChI is InChI=1S/C13H10ClF3N2O3/c1-19-10(5-9(18-19)12(20)21)6-3-7(13(15,16)17)11(22-2)8(14)4-6/h3-5H,1-2H3,(H,20,21). The topological polar surface area (TPSA) is 64.3 Å². The van der Waals surface area contributed by atoms with Crippen LogP contribution in [0.15, 0.2) is 18.2 Å².